The van der Waals surface area contributed by atoms with Crippen LogP contribution in [0, 0.1) is 0 Å². The molecule has 0 unspecified atom stereocenters. The van der Waals surface area contributed by atoms with E-state index in [1.54, 1.807) is 12.1 Å². The first-order chi connectivity index (χ1) is 12.6. The number of aromatic hydroxyl groups is 1. The molecule has 0 atom stereocenters. The minimum atomic E-state index is -0.302. The van der Waals surface area contributed by atoms with Gasteiger partial charge in [-0.25, -0.2) is 4.98 Å². The number of phenolic OH excluding ortho intramolecular Hbond substituents is 1. The Bertz CT molecular complexity index is 1230. The van der Waals surface area contributed by atoms with Gasteiger partial charge in [-0.05, 0) is 42.0 Å². The van der Waals surface area contributed by atoms with Gasteiger partial charge in [0.2, 0.25) is 0 Å². The Morgan fingerprint density at radius 1 is 1.31 bits per heavy atom. The molecule has 0 bridgehead atoms. The second kappa shape index (κ2) is 6.30. The third-order valence-corrected chi connectivity index (χ3v) is 4.48. The molecule has 0 fully saturated rings. The van der Waals surface area contributed by atoms with Crippen molar-refractivity contribution in [2.45, 2.75) is 0 Å². The maximum absolute atomic E-state index is 12.7. The van der Waals surface area contributed by atoms with E-state index < -0.39 is 0 Å². The molecule has 0 aliphatic heterocycles. The lowest BCUT2D eigenvalue weighted by Gasteiger charge is -2.03. The van der Waals surface area contributed by atoms with Crippen LogP contribution < -0.4 is 10.3 Å². The maximum atomic E-state index is 12.7. The highest BCUT2D eigenvalue weighted by Crippen LogP contribution is 2.26. The standard InChI is InChI=1S/C18H13BrN4O3/c1-26-15-6-10(2-5-14(15)24)8-21-23-9-20-16-12-7-11(19)3-4-13(12)22-17(16)18(23)25/h2-9,22,24H,1H3/b21-8-. The number of aromatic nitrogens is 3. The van der Waals surface area contributed by atoms with E-state index in [0.29, 0.717) is 22.3 Å². The van der Waals surface area contributed by atoms with Crippen LogP contribution in [-0.2, 0) is 0 Å². The van der Waals surface area contributed by atoms with Crippen LogP contribution in [0.25, 0.3) is 21.9 Å². The van der Waals surface area contributed by atoms with Crippen molar-refractivity contribution in [1.82, 2.24) is 14.6 Å². The number of H-pyrrole nitrogens is 1. The minimum absolute atomic E-state index is 0.0362. The number of halogens is 1. The summed E-state index contributed by atoms with van der Waals surface area (Å²) >= 11 is 3.43. The number of methoxy groups -OCH3 is 1. The van der Waals surface area contributed by atoms with E-state index in [4.69, 9.17) is 4.74 Å². The Kier molecular flexibility index (Phi) is 3.96. The van der Waals surface area contributed by atoms with E-state index in [-0.39, 0.29) is 11.3 Å². The zero-order valence-electron chi connectivity index (χ0n) is 13.6. The van der Waals surface area contributed by atoms with Gasteiger partial charge in [-0.1, -0.05) is 15.9 Å². The second-order valence-corrected chi connectivity index (χ2v) is 6.52. The van der Waals surface area contributed by atoms with Gasteiger partial charge in [0.05, 0.1) is 13.3 Å². The number of aromatic amines is 1. The molecule has 2 aromatic carbocycles. The van der Waals surface area contributed by atoms with Crippen molar-refractivity contribution in [1.29, 1.82) is 0 Å². The highest BCUT2D eigenvalue weighted by Gasteiger charge is 2.11. The highest BCUT2D eigenvalue weighted by atomic mass is 79.9. The SMILES string of the molecule is COc1cc(/C=N\n2cnc3c([nH]c4ccc(Br)cc43)c2=O)ccc1O. The molecule has 4 aromatic rings. The summed E-state index contributed by atoms with van der Waals surface area (Å²) in [5.74, 6) is 0.366. The fourth-order valence-electron chi connectivity index (χ4n) is 2.70. The van der Waals surface area contributed by atoms with E-state index in [9.17, 15) is 9.90 Å². The molecule has 2 N–H and O–H groups in total. The Morgan fingerprint density at radius 3 is 2.96 bits per heavy atom. The van der Waals surface area contributed by atoms with Crippen LogP contribution >= 0.6 is 15.9 Å². The number of ether oxygens (including phenoxy) is 1. The van der Waals surface area contributed by atoms with E-state index in [1.807, 2.05) is 18.2 Å². The van der Waals surface area contributed by atoms with Gasteiger partial charge in [-0.2, -0.15) is 9.78 Å². The lowest BCUT2D eigenvalue weighted by Crippen LogP contribution is -2.17. The van der Waals surface area contributed by atoms with E-state index in [1.165, 1.54) is 25.7 Å². The molecule has 0 aliphatic carbocycles. The van der Waals surface area contributed by atoms with Crippen molar-refractivity contribution in [3.63, 3.8) is 0 Å². The summed E-state index contributed by atoms with van der Waals surface area (Å²) in [6, 6.07) is 10.5. The Hall–Kier alpha value is -3.13. The van der Waals surface area contributed by atoms with Gasteiger partial charge in [0.1, 0.15) is 17.4 Å². The predicted octanol–water partition coefficient (Wildman–Crippen LogP) is 3.24. The van der Waals surface area contributed by atoms with E-state index in [2.05, 4.69) is 31.0 Å². The van der Waals surface area contributed by atoms with Crippen LogP contribution in [0.2, 0.25) is 0 Å². The second-order valence-electron chi connectivity index (χ2n) is 5.61. The molecule has 0 aliphatic rings. The number of nitrogens with zero attached hydrogens (tertiary/aromatic N) is 3. The topological polar surface area (TPSA) is 92.5 Å². The molecule has 7 nitrogen and oxygen atoms in total. The Morgan fingerprint density at radius 2 is 2.15 bits per heavy atom. The summed E-state index contributed by atoms with van der Waals surface area (Å²) in [6.45, 7) is 0. The maximum Gasteiger partial charge on any atom is 0.298 e. The number of fused-ring (bicyclic) bond motifs is 3. The van der Waals surface area contributed by atoms with Crippen LogP contribution in [0.1, 0.15) is 5.56 Å². The molecule has 26 heavy (non-hydrogen) atoms. The summed E-state index contributed by atoms with van der Waals surface area (Å²) in [4.78, 5) is 20.1. The summed E-state index contributed by atoms with van der Waals surface area (Å²) in [7, 11) is 1.46. The van der Waals surface area contributed by atoms with Gasteiger partial charge in [0.15, 0.2) is 11.5 Å². The third kappa shape index (κ3) is 2.74. The molecule has 4 rings (SSSR count). The molecule has 130 valence electrons. The van der Waals surface area contributed by atoms with Crippen LogP contribution in [0.3, 0.4) is 0 Å². The Balaban J connectivity index is 1.79. The van der Waals surface area contributed by atoms with Crippen LogP contribution in [0.15, 0.2) is 57.1 Å². The largest absolute Gasteiger partial charge is 0.504 e. The summed E-state index contributed by atoms with van der Waals surface area (Å²) in [5, 5.41) is 14.7. The van der Waals surface area contributed by atoms with Gasteiger partial charge >= 0.3 is 0 Å². The van der Waals surface area contributed by atoms with Crippen LogP contribution in [-0.4, -0.2) is 33.1 Å². The van der Waals surface area contributed by atoms with E-state index in [0.717, 1.165) is 20.1 Å². The van der Waals surface area contributed by atoms with Crippen LogP contribution in [0.4, 0.5) is 0 Å². The molecule has 2 heterocycles. The number of benzene rings is 2. The Labute approximate surface area is 155 Å². The van der Waals surface area contributed by atoms with Gasteiger partial charge in [0.25, 0.3) is 5.56 Å². The minimum Gasteiger partial charge on any atom is -0.504 e. The van der Waals surface area contributed by atoms with Gasteiger partial charge in [-0.3, -0.25) is 4.79 Å². The summed E-state index contributed by atoms with van der Waals surface area (Å²) in [6.07, 6.45) is 2.88. The average Bonchev–Trinajstić information content (AvgIpc) is 3.01. The number of hydrogen-bond donors (Lipinski definition) is 2. The first-order valence-corrected chi connectivity index (χ1v) is 8.46. The number of phenols is 1. The van der Waals surface area contributed by atoms with Crippen molar-refractivity contribution in [3.05, 3.63) is 63.1 Å². The van der Waals surface area contributed by atoms with Crippen molar-refractivity contribution in [2.24, 2.45) is 5.10 Å². The fraction of sp³-hybridized carbons (Fsp3) is 0.0556. The monoisotopic (exact) mass is 412 g/mol. The lowest BCUT2D eigenvalue weighted by molar-refractivity contribution is 0.373. The molecular formula is C18H13BrN4O3. The molecule has 0 spiro atoms. The number of rotatable bonds is 3. The van der Waals surface area contributed by atoms with Gasteiger partial charge < -0.3 is 14.8 Å². The molecule has 0 amide bonds. The third-order valence-electron chi connectivity index (χ3n) is 3.99. The fourth-order valence-corrected chi connectivity index (χ4v) is 3.06. The average molecular weight is 413 g/mol. The highest BCUT2D eigenvalue weighted by molar-refractivity contribution is 9.10. The quantitative estimate of drug-likeness (QED) is 0.505. The van der Waals surface area contributed by atoms with Gasteiger partial charge in [-0.15, -0.1) is 0 Å². The normalized spacial score (nSPS) is 11.6. The van der Waals surface area contributed by atoms with E-state index >= 15 is 0 Å². The number of nitrogens with one attached hydrogen (secondary N) is 1. The smallest absolute Gasteiger partial charge is 0.298 e. The van der Waals surface area contributed by atoms with Crippen molar-refractivity contribution in [3.8, 4) is 11.5 Å². The molecule has 0 saturated carbocycles. The molecule has 0 radical (unpaired) electrons. The zero-order valence-corrected chi connectivity index (χ0v) is 15.2. The first-order valence-electron chi connectivity index (χ1n) is 7.67. The van der Waals surface area contributed by atoms with Gasteiger partial charge in [0, 0.05) is 15.4 Å². The number of hydrogen-bond acceptors (Lipinski definition) is 5. The van der Waals surface area contributed by atoms with Crippen molar-refractivity contribution < 1.29 is 9.84 Å². The zero-order chi connectivity index (χ0) is 18.3. The van der Waals surface area contributed by atoms with Crippen molar-refractivity contribution in [2.75, 3.05) is 7.11 Å². The molecule has 2 aromatic heterocycles. The predicted molar refractivity (Wildman–Crippen MR) is 103 cm³/mol. The van der Waals surface area contributed by atoms with Crippen molar-refractivity contribution >= 4 is 44.1 Å². The van der Waals surface area contributed by atoms with Crippen LogP contribution in [0.5, 0.6) is 11.5 Å². The molecular weight excluding hydrogens is 400 g/mol. The summed E-state index contributed by atoms with van der Waals surface area (Å²) in [5.41, 5.74) is 2.19. The lowest BCUT2D eigenvalue weighted by atomic mass is 10.2. The summed E-state index contributed by atoms with van der Waals surface area (Å²) < 4.78 is 7.13. The molecule has 0 saturated heterocycles. The molecule has 8 heteroatoms. The first kappa shape index (κ1) is 16.3.